The fourth-order valence-electron chi connectivity index (χ4n) is 3.11. The molecule has 26 heavy (non-hydrogen) atoms. The van der Waals surface area contributed by atoms with Gasteiger partial charge >= 0.3 is 0 Å². The molecule has 0 aromatic carbocycles. The van der Waals surface area contributed by atoms with Crippen LogP contribution in [0.3, 0.4) is 0 Å². The molecule has 0 aliphatic heterocycles. The molecule has 0 bridgehead atoms. The first-order valence-electron chi connectivity index (χ1n) is 9.79. The van der Waals surface area contributed by atoms with Crippen molar-refractivity contribution in [2.24, 2.45) is 10.9 Å². The minimum Gasteiger partial charge on any atom is -0.357 e. The molecule has 7 nitrogen and oxygen atoms in total. The van der Waals surface area contributed by atoms with Crippen molar-refractivity contribution in [1.82, 2.24) is 16.0 Å². The smallest absolute Gasteiger partial charge is 0.220 e. The zero-order valence-corrected chi connectivity index (χ0v) is 17.3. The van der Waals surface area contributed by atoms with Crippen LogP contribution in [0, 0.1) is 5.92 Å². The first-order chi connectivity index (χ1) is 12.3. The molecule has 8 heteroatoms. The molecule has 1 rings (SSSR count). The summed E-state index contributed by atoms with van der Waals surface area (Å²) in [5, 5.41) is 9.29. The average molecular weight is 389 g/mol. The van der Waals surface area contributed by atoms with Gasteiger partial charge in [-0.3, -0.25) is 9.79 Å². The maximum absolute atomic E-state index is 12.0. The second kappa shape index (κ2) is 12.1. The van der Waals surface area contributed by atoms with Gasteiger partial charge in [0.25, 0.3) is 0 Å². The molecular weight excluding hydrogens is 352 g/mol. The molecule has 0 spiro atoms. The number of carbonyl (C=O) groups is 1. The molecule has 1 saturated carbocycles. The highest BCUT2D eigenvalue weighted by Crippen LogP contribution is 2.25. The zero-order valence-electron chi connectivity index (χ0n) is 16.5. The monoisotopic (exact) mass is 388 g/mol. The van der Waals surface area contributed by atoms with Gasteiger partial charge in [-0.1, -0.05) is 19.3 Å². The van der Waals surface area contributed by atoms with E-state index in [2.05, 4.69) is 20.9 Å². The number of aliphatic imine (C=N–C) groups is 1. The molecule has 1 aliphatic rings. The minimum atomic E-state index is -2.96. The molecule has 0 aromatic rings. The van der Waals surface area contributed by atoms with Crippen LogP contribution in [-0.4, -0.2) is 58.0 Å². The molecule has 1 atom stereocenters. The van der Waals surface area contributed by atoms with Gasteiger partial charge in [0.15, 0.2) is 5.96 Å². The number of rotatable bonds is 10. The van der Waals surface area contributed by atoms with Crippen molar-refractivity contribution in [3.8, 4) is 0 Å². The van der Waals surface area contributed by atoms with E-state index in [-0.39, 0.29) is 17.7 Å². The number of guanidine groups is 1. The van der Waals surface area contributed by atoms with Crippen LogP contribution in [0.1, 0.15) is 58.8 Å². The zero-order chi connectivity index (χ0) is 19.4. The van der Waals surface area contributed by atoms with Crippen LogP contribution in [-0.2, 0) is 14.6 Å². The van der Waals surface area contributed by atoms with Crippen LogP contribution in [0.5, 0.6) is 0 Å². The molecule has 1 fully saturated rings. The highest BCUT2D eigenvalue weighted by Gasteiger charge is 2.16. The van der Waals surface area contributed by atoms with Crippen LogP contribution in [0.2, 0.25) is 0 Å². The van der Waals surface area contributed by atoms with Crippen molar-refractivity contribution in [3.63, 3.8) is 0 Å². The molecule has 152 valence electrons. The summed E-state index contributed by atoms with van der Waals surface area (Å²) in [7, 11) is -2.96. The fraction of sp³-hybridized carbons (Fsp3) is 0.889. The van der Waals surface area contributed by atoms with Gasteiger partial charge in [-0.05, 0) is 39.0 Å². The van der Waals surface area contributed by atoms with Crippen LogP contribution >= 0.6 is 0 Å². The molecule has 3 N–H and O–H groups in total. The standard InChI is InChI=1S/C18H36N4O3S/c1-4-19-18(22-15(2)10-13-26(3,24)25)21-12-11-20-17(23)14-16-8-6-5-7-9-16/h15-16H,4-14H2,1-3H3,(H,20,23)(H2,19,21,22). The largest absolute Gasteiger partial charge is 0.357 e. The normalized spacial score (nSPS) is 17.6. The van der Waals surface area contributed by atoms with Gasteiger partial charge < -0.3 is 16.0 Å². The Morgan fingerprint density at radius 2 is 1.88 bits per heavy atom. The predicted molar refractivity (Wildman–Crippen MR) is 107 cm³/mol. The van der Waals surface area contributed by atoms with Gasteiger partial charge in [0.1, 0.15) is 9.84 Å². The Balaban J connectivity index is 2.30. The second-order valence-electron chi connectivity index (χ2n) is 7.28. The summed E-state index contributed by atoms with van der Waals surface area (Å²) in [5.74, 6) is 1.46. The van der Waals surface area contributed by atoms with Crippen molar-refractivity contribution in [1.29, 1.82) is 0 Å². The molecule has 0 aromatic heterocycles. The summed E-state index contributed by atoms with van der Waals surface area (Å²) >= 11 is 0. The molecule has 1 aliphatic carbocycles. The van der Waals surface area contributed by atoms with Crippen molar-refractivity contribution < 1.29 is 13.2 Å². The Labute approximate surface area is 158 Å². The number of nitrogens with one attached hydrogen (secondary N) is 3. The van der Waals surface area contributed by atoms with Gasteiger partial charge in [-0.25, -0.2) is 8.42 Å². The quantitative estimate of drug-likeness (QED) is 0.299. The van der Waals surface area contributed by atoms with E-state index in [1.165, 1.54) is 38.4 Å². The van der Waals surface area contributed by atoms with Crippen LogP contribution in [0.15, 0.2) is 4.99 Å². The lowest BCUT2D eigenvalue weighted by Gasteiger charge is -2.20. The second-order valence-corrected chi connectivity index (χ2v) is 9.54. The maximum atomic E-state index is 12.0. The summed E-state index contributed by atoms with van der Waals surface area (Å²) < 4.78 is 22.5. The Kier molecular flexibility index (Phi) is 10.6. The summed E-state index contributed by atoms with van der Waals surface area (Å²) in [4.78, 5) is 16.4. The molecule has 0 heterocycles. The van der Waals surface area contributed by atoms with Gasteiger partial charge in [0, 0.05) is 31.8 Å². The molecule has 0 radical (unpaired) electrons. The Bertz CT molecular complexity index is 543. The maximum Gasteiger partial charge on any atom is 0.220 e. The van der Waals surface area contributed by atoms with E-state index in [0.29, 0.717) is 37.8 Å². The van der Waals surface area contributed by atoms with Crippen molar-refractivity contribution in [3.05, 3.63) is 0 Å². The molecule has 0 saturated heterocycles. The third kappa shape index (κ3) is 11.3. The lowest BCUT2D eigenvalue weighted by atomic mass is 9.87. The molecule has 1 amide bonds. The highest BCUT2D eigenvalue weighted by atomic mass is 32.2. The average Bonchev–Trinajstić information content (AvgIpc) is 2.57. The number of carbonyl (C=O) groups excluding carboxylic acids is 1. The fourth-order valence-corrected chi connectivity index (χ4v) is 3.89. The third-order valence-corrected chi connectivity index (χ3v) is 5.53. The lowest BCUT2D eigenvalue weighted by Crippen LogP contribution is -2.43. The van der Waals surface area contributed by atoms with E-state index in [1.54, 1.807) is 0 Å². The van der Waals surface area contributed by atoms with E-state index >= 15 is 0 Å². The van der Waals surface area contributed by atoms with E-state index in [0.717, 1.165) is 6.54 Å². The summed E-state index contributed by atoms with van der Waals surface area (Å²) in [5.41, 5.74) is 0. The Morgan fingerprint density at radius 3 is 2.50 bits per heavy atom. The number of amides is 1. The first-order valence-corrected chi connectivity index (χ1v) is 11.9. The summed E-state index contributed by atoms with van der Waals surface area (Å²) in [6, 6.07) is 0.00316. The van der Waals surface area contributed by atoms with Gasteiger partial charge in [0.05, 0.1) is 12.3 Å². The molecule has 1 unspecified atom stereocenters. The highest BCUT2D eigenvalue weighted by molar-refractivity contribution is 7.90. The molecular formula is C18H36N4O3S. The van der Waals surface area contributed by atoms with E-state index < -0.39 is 9.84 Å². The Hall–Kier alpha value is -1.31. The number of hydrogen-bond acceptors (Lipinski definition) is 4. The van der Waals surface area contributed by atoms with Gasteiger partial charge in [0.2, 0.25) is 5.91 Å². The Morgan fingerprint density at radius 1 is 1.19 bits per heavy atom. The minimum absolute atomic E-state index is 0.00316. The SMILES string of the molecule is CCNC(=NCCNC(=O)CC1CCCCC1)NC(C)CCS(C)(=O)=O. The van der Waals surface area contributed by atoms with E-state index in [4.69, 9.17) is 0 Å². The van der Waals surface area contributed by atoms with Crippen molar-refractivity contribution in [2.75, 3.05) is 31.6 Å². The summed E-state index contributed by atoms with van der Waals surface area (Å²) in [6.07, 6.45) is 8.54. The first kappa shape index (κ1) is 22.7. The lowest BCUT2D eigenvalue weighted by molar-refractivity contribution is -0.122. The number of nitrogens with zero attached hydrogens (tertiary/aromatic N) is 1. The van der Waals surface area contributed by atoms with E-state index in [9.17, 15) is 13.2 Å². The third-order valence-electron chi connectivity index (χ3n) is 4.55. The van der Waals surface area contributed by atoms with Crippen LogP contribution < -0.4 is 16.0 Å². The number of hydrogen-bond donors (Lipinski definition) is 3. The summed E-state index contributed by atoms with van der Waals surface area (Å²) in [6.45, 7) is 5.64. The predicted octanol–water partition coefficient (Wildman–Crippen LogP) is 1.45. The van der Waals surface area contributed by atoms with Crippen LogP contribution in [0.4, 0.5) is 0 Å². The van der Waals surface area contributed by atoms with Crippen molar-refractivity contribution >= 4 is 21.7 Å². The topological polar surface area (TPSA) is 99.7 Å². The van der Waals surface area contributed by atoms with E-state index in [1.807, 2.05) is 13.8 Å². The van der Waals surface area contributed by atoms with Crippen molar-refractivity contribution in [2.45, 2.75) is 64.8 Å². The van der Waals surface area contributed by atoms with Crippen LogP contribution in [0.25, 0.3) is 0 Å². The number of sulfone groups is 1. The van der Waals surface area contributed by atoms with Gasteiger partial charge in [-0.15, -0.1) is 0 Å². The van der Waals surface area contributed by atoms with Gasteiger partial charge in [-0.2, -0.15) is 0 Å².